The summed E-state index contributed by atoms with van der Waals surface area (Å²) in [5.74, 6) is 0.257. The molecule has 0 aromatic heterocycles. The lowest BCUT2D eigenvalue weighted by Crippen LogP contribution is -2.50. The van der Waals surface area contributed by atoms with Crippen molar-refractivity contribution in [2.75, 3.05) is 13.2 Å². The van der Waals surface area contributed by atoms with E-state index < -0.39 is 0 Å². The van der Waals surface area contributed by atoms with Crippen LogP contribution in [-0.4, -0.2) is 55.1 Å². The van der Waals surface area contributed by atoms with Crippen LogP contribution in [0.5, 0.6) is 0 Å². The van der Waals surface area contributed by atoms with Crippen molar-refractivity contribution in [3.63, 3.8) is 0 Å². The van der Waals surface area contributed by atoms with E-state index in [1.165, 1.54) is 11.6 Å². The van der Waals surface area contributed by atoms with Gasteiger partial charge in [0.05, 0.1) is 43.2 Å². The van der Waals surface area contributed by atoms with Crippen LogP contribution in [-0.2, 0) is 19.0 Å². The van der Waals surface area contributed by atoms with Gasteiger partial charge in [-0.25, -0.2) is 0 Å². The summed E-state index contributed by atoms with van der Waals surface area (Å²) in [5, 5.41) is 3.05. The molecular weight excluding hydrogens is 380 g/mol. The highest BCUT2D eigenvalue weighted by atomic mass is 16.6. The third-order valence-corrected chi connectivity index (χ3v) is 6.36. The number of ether oxygens (including phenoxy) is 3. The smallest absolute Gasteiger partial charge is 0.244 e. The normalized spacial score (nSPS) is 38.3. The summed E-state index contributed by atoms with van der Waals surface area (Å²) in [6, 6.07) is -0.108. The van der Waals surface area contributed by atoms with E-state index in [4.69, 9.17) is 19.9 Å². The number of carbonyl (C=O) groups excluding carboxylic acids is 1. The monoisotopic (exact) mass is 418 g/mol. The molecule has 1 spiro atoms. The number of hydrogen-bond acceptors (Lipinski definition) is 5. The quantitative estimate of drug-likeness (QED) is 0.377. The lowest BCUT2D eigenvalue weighted by atomic mass is 9.88. The van der Waals surface area contributed by atoms with E-state index in [-0.39, 0.29) is 41.9 Å². The Bertz CT molecular complexity index is 681. The van der Waals surface area contributed by atoms with Crippen LogP contribution in [0.2, 0.25) is 0 Å². The first kappa shape index (κ1) is 23.2. The molecule has 3 fully saturated rings. The predicted octanol–water partition coefficient (Wildman–Crippen LogP) is 3.03. The molecule has 30 heavy (non-hydrogen) atoms. The van der Waals surface area contributed by atoms with Crippen LogP contribution in [0.1, 0.15) is 53.4 Å². The summed E-state index contributed by atoms with van der Waals surface area (Å²) in [4.78, 5) is 12.1. The zero-order valence-corrected chi connectivity index (χ0v) is 18.8. The van der Waals surface area contributed by atoms with Crippen molar-refractivity contribution in [3.8, 4) is 0 Å². The van der Waals surface area contributed by atoms with Crippen molar-refractivity contribution in [1.82, 2.24) is 5.32 Å². The maximum atomic E-state index is 12.1. The van der Waals surface area contributed by atoms with Gasteiger partial charge in [-0.1, -0.05) is 36.8 Å². The van der Waals surface area contributed by atoms with Crippen LogP contribution >= 0.6 is 0 Å². The van der Waals surface area contributed by atoms with Gasteiger partial charge in [0, 0.05) is 25.0 Å². The summed E-state index contributed by atoms with van der Waals surface area (Å²) in [5.41, 5.74) is 6.99. The van der Waals surface area contributed by atoms with Gasteiger partial charge < -0.3 is 25.3 Å². The molecule has 0 aromatic carbocycles. The molecule has 3 saturated heterocycles. The first-order valence-corrected chi connectivity index (χ1v) is 11.3. The first-order chi connectivity index (χ1) is 14.3. The van der Waals surface area contributed by atoms with E-state index in [2.05, 4.69) is 37.4 Å². The molecule has 0 aromatic rings. The SMILES string of the molecule is CC(/C=C/C1CC2(CCO1)CO2)=C\CC1OC(C)C(NC(=O)/C=C/C(C)N)CC1C. The lowest BCUT2D eigenvalue weighted by molar-refractivity contribution is -0.123. The molecular formula is C24H38N2O4. The Kier molecular flexibility index (Phi) is 7.91. The van der Waals surface area contributed by atoms with Crippen molar-refractivity contribution in [2.24, 2.45) is 11.7 Å². The van der Waals surface area contributed by atoms with E-state index in [0.717, 1.165) is 38.9 Å². The maximum Gasteiger partial charge on any atom is 0.244 e. The Morgan fingerprint density at radius 2 is 2.10 bits per heavy atom. The van der Waals surface area contributed by atoms with E-state index in [1.807, 2.05) is 13.8 Å². The number of allylic oxidation sites excluding steroid dienone is 2. The topological polar surface area (TPSA) is 86.1 Å². The Hall–Kier alpha value is -1.47. The van der Waals surface area contributed by atoms with E-state index in [1.54, 1.807) is 6.08 Å². The van der Waals surface area contributed by atoms with Gasteiger partial charge in [-0.05, 0) is 39.5 Å². The molecule has 3 heterocycles. The van der Waals surface area contributed by atoms with E-state index in [9.17, 15) is 4.79 Å². The summed E-state index contributed by atoms with van der Waals surface area (Å²) in [6.07, 6.45) is 13.8. The van der Waals surface area contributed by atoms with Crippen molar-refractivity contribution >= 4 is 5.91 Å². The number of carbonyl (C=O) groups is 1. The highest BCUT2D eigenvalue weighted by molar-refractivity contribution is 5.87. The van der Waals surface area contributed by atoms with Crippen molar-refractivity contribution < 1.29 is 19.0 Å². The molecule has 168 valence electrons. The third kappa shape index (κ3) is 6.77. The molecule has 3 aliphatic heterocycles. The van der Waals surface area contributed by atoms with Crippen molar-refractivity contribution in [1.29, 1.82) is 0 Å². The Labute approximate surface area is 180 Å². The summed E-state index contributed by atoms with van der Waals surface area (Å²) in [7, 11) is 0. The van der Waals surface area contributed by atoms with Crippen molar-refractivity contribution in [3.05, 3.63) is 36.0 Å². The second kappa shape index (κ2) is 10.2. The summed E-state index contributed by atoms with van der Waals surface area (Å²) < 4.78 is 17.7. The van der Waals surface area contributed by atoms with E-state index >= 15 is 0 Å². The van der Waals surface area contributed by atoms with Gasteiger partial charge in [0.25, 0.3) is 0 Å². The Balaban J connectivity index is 1.45. The molecule has 7 atom stereocenters. The minimum Gasteiger partial charge on any atom is -0.374 e. The number of nitrogens with one attached hydrogen (secondary N) is 1. The van der Waals surface area contributed by atoms with Crippen LogP contribution in [0.4, 0.5) is 0 Å². The molecule has 6 nitrogen and oxygen atoms in total. The van der Waals surface area contributed by atoms with Gasteiger partial charge in [0.15, 0.2) is 0 Å². The van der Waals surface area contributed by atoms with Crippen LogP contribution in [0, 0.1) is 5.92 Å². The molecule has 1 amide bonds. The predicted molar refractivity (Wildman–Crippen MR) is 118 cm³/mol. The summed E-state index contributed by atoms with van der Waals surface area (Å²) >= 11 is 0. The molecule has 3 N–H and O–H groups in total. The molecule has 0 radical (unpaired) electrons. The van der Waals surface area contributed by atoms with Gasteiger partial charge in [0.2, 0.25) is 5.91 Å². The number of rotatable bonds is 7. The Morgan fingerprint density at radius 3 is 2.80 bits per heavy atom. The van der Waals surface area contributed by atoms with Crippen LogP contribution < -0.4 is 11.1 Å². The maximum absolute atomic E-state index is 12.1. The molecule has 0 saturated carbocycles. The molecule has 6 heteroatoms. The molecule has 3 rings (SSSR count). The van der Waals surface area contributed by atoms with Crippen LogP contribution in [0.3, 0.4) is 0 Å². The number of nitrogens with two attached hydrogens (primary N) is 1. The van der Waals surface area contributed by atoms with Gasteiger partial charge >= 0.3 is 0 Å². The van der Waals surface area contributed by atoms with Crippen LogP contribution in [0.15, 0.2) is 36.0 Å². The minimum atomic E-state index is -0.129. The zero-order valence-electron chi connectivity index (χ0n) is 18.8. The fourth-order valence-electron chi connectivity index (χ4n) is 4.22. The highest BCUT2D eigenvalue weighted by Gasteiger charge is 2.48. The van der Waals surface area contributed by atoms with Crippen molar-refractivity contribution in [2.45, 2.75) is 89.4 Å². The van der Waals surface area contributed by atoms with Gasteiger partial charge in [0.1, 0.15) is 0 Å². The number of amides is 1. The third-order valence-electron chi connectivity index (χ3n) is 6.36. The Morgan fingerprint density at radius 1 is 1.33 bits per heavy atom. The summed E-state index contributed by atoms with van der Waals surface area (Å²) in [6.45, 7) is 9.85. The second-order valence-corrected chi connectivity index (χ2v) is 9.30. The van der Waals surface area contributed by atoms with E-state index in [0.29, 0.717) is 5.92 Å². The standard InChI is InChI=1S/C24H38N2O4/c1-16(5-8-20-14-24(15-29-24)11-12-28-20)6-9-22-17(2)13-21(19(4)30-22)26-23(27)10-7-18(3)25/h5-8,10,17-22H,9,11-15,25H2,1-4H3,(H,26,27)/b8-5+,10-7+,16-6+. The number of epoxide rings is 1. The molecule has 3 aliphatic rings. The first-order valence-electron chi connectivity index (χ1n) is 11.3. The highest BCUT2D eigenvalue weighted by Crippen LogP contribution is 2.39. The molecule has 0 aliphatic carbocycles. The van der Waals surface area contributed by atoms with Crippen LogP contribution in [0.25, 0.3) is 0 Å². The average Bonchev–Trinajstić information content (AvgIpc) is 3.44. The molecule has 7 unspecified atom stereocenters. The van der Waals surface area contributed by atoms with Gasteiger partial charge in [-0.15, -0.1) is 0 Å². The minimum absolute atomic E-state index is 0.0199. The van der Waals surface area contributed by atoms with Gasteiger partial charge in [-0.3, -0.25) is 4.79 Å². The number of hydrogen-bond donors (Lipinski definition) is 2. The van der Waals surface area contributed by atoms with Gasteiger partial charge in [-0.2, -0.15) is 0 Å². The zero-order chi connectivity index (χ0) is 21.7. The second-order valence-electron chi connectivity index (χ2n) is 9.30. The fraction of sp³-hybridized carbons (Fsp3) is 0.708. The lowest BCUT2D eigenvalue weighted by Gasteiger charge is -2.39. The fourth-order valence-corrected chi connectivity index (χ4v) is 4.22. The average molecular weight is 419 g/mol. The largest absolute Gasteiger partial charge is 0.374 e. The molecule has 0 bridgehead atoms.